The van der Waals surface area contributed by atoms with E-state index in [2.05, 4.69) is 35.7 Å². The summed E-state index contributed by atoms with van der Waals surface area (Å²) in [6.07, 6.45) is 1.57. The third-order valence-corrected chi connectivity index (χ3v) is 5.31. The second-order valence-corrected chi connectivity index (χ2v) is 7.89. The van der Waals surface area contributed by atoms with Gasteiger partial charge in [0, 0.05) is 29.4 Å². The van der Waals surface area contributed by atoms with Crippen LogP contribution in [0.2, 0.25) is 5.02 Å². The van der Waals surface area contributed by atoms with Gasteiger partial charge in [0.1, 0.15) is 11.5 Å². The number of para-hydroxylation sites is 1. The number of rotatable bonds is 7. The molecule has 0 spiro atoms. The van der Waals surface area contributed by atoms with E-state index in [1.807, 2.05) is 66.7 Å². The molecule has 3 heterocycles. The summed E-state index contributed by atoms with van der Waals surface area (Å²) in [7, 11) is 0. The van der Waals surface area contributed by atoms with Crippen LogP contribution in [-0.2, 0) is 4.74 Å². The summed E-state index contributed by atoms with van der Waals surface area (Å²) in [5.41, 5.74) is 4.70. The normalized spacial score (nSPS) is 13.9. The monoisotopic (exact) mass is 475 g/mol. The number of halogens is 1. The molecule has 5 rings (SSSR count). The third-order valence-electron chi connectivity index (χ3n) is 5.06. The highest BCUT2D eigenvalue weighted by atomic mass is 35.5. The van der Waals surface area contributed by atoms with Gasteiger partial charge in [-0.15, -0.1) is 0 Å². The van der Waals surface area contributed by atoms with Gasteiger partial charge in [-0.25, -0.2) is 5.43 Å². The van der Waals surface area contributed by atoms with Crippen LogP contribution in [0, 0.1) is 0 Å². The maximum Gasteiger partial charge on any atom is 0.250 e. The maximum absolute atomic E-state index is 5.96. The second-order valence-electron chi connectivity index (χ2n) is 7.45. The number of furan rings is 1. The largest absolute Gasteiger partial charge is 0.455 e. The fourth-order valence-corrected chi connectivity index (χ4v) is 3.50. The van der Waals surface area contributed by atoms with Crippen molar-refractivity contribution >= 4 is 41.3 Å². The zero-order valence-corrected chi connectivity index (χ0v) is 18.9. The van der Waals surface area contributed by atoms with Gasteiger partial charge in [-0.05, 0) is 48.5 Å². The number of morpholine rings is 1. The van der Waals surface area contributed by atoms with Crippen molar-refractivity contribution in [3.05, 3.63) is 77.5 Å². The first-order chi connectivity index (χ1) is 16.7. The van der Waals surface area contributed by atoms with E-state index in [1.54, 1.807) is 6.21 Å². The summed E-state index contributed by atoms with van der Waals surface area (Å²) < 4.78 is 11.3. The molecule has 0 unspecified atom stereocenters. The van der Waals surface area contributed by atoms with Crippen molar-refractivity contribution < 1.29 is 9.15 Å². The highest BCUT2D eigenvalue weighted by molar-refractivity contribution is 6.30. The zero-order valence-electron chi connectivity index (χ0n) is 18.2. The lowest BCUT2D eigenvalue weighted by Gasteiger charge is -2.27. The van der Waals surface area contributed by atoms with Crippen molar-refractivity contribution in [1.29, 1.82) is 0 Å². The second kappa shape index (κ2) is 10.3. The Labute approximate surface area is 201 Å². The van der Waals surface area contributed by atoms with Crippen LogP contribution < -0.4 is 15.6 Å². The number of nitrogens with one attached hydrogen (secondary N) is 2. The standard InChI is InChI=1S/C24H22ClN7O2/c25-18-8-6-17(7-9-18)21-11-10-20(34-21)16-26-31-23-28-22(27-19-4-2-1-3-5-19)29-24(30-23)32-12-14-33-15-13-32/h1-11,16H,12-15H2,(H2,27,28,29,30,31). The molecule has 0 aliphatic carbocycles. The molecule has 0 amide bonds. The summed E-state index contributed by atoms with van der Waals surface area (Å²) in [5.74, 6) is 2.60. The van der Waals surface area contributed by atoms with E-state index in [0.29, 0.717) is 54.9 Å². The van der Waals surface area contributed by atoms with Gasteiger partial charge in [-0.2, -0.15) is 20.1 Å². The quantitative estimate of drug-likeness (QED) is 0.290. The number of hydrogen-bond donors (Lipinski definition) is 2. The Hall–Kier alpha value is -3.95. The summed E-state index contributed by atoms with van der Waals surface area (Å²) >= 11 is 5.96. The van der Waals surface area contributed by atoms with Crippen LogP contribution in [0.25, 0.3) is 11.3 Å². The third kappa shape index (κ3) is 5.51. The molecule has 10 heteroatoms. The first-order valence-electron chi connectivity index (χ1n) is 10.8. The van der Waals surface area contributed by atoms with Crippen LogP contribution in [0.1, 0.15) is 5.76 Å². The minimum atomic E-state index is 0.315. The van der Waals surface area contributed by atoms with Crippen LogP contribution in [0.4, 0.5) is 23.5 Å². The number of aromatic nitrogens is 3. The number of hydrogen-bond acceptors (Lipinski definition) is 9. The zero-order chi connectivity index (χ0) is 23.2. The van der Waals surface area contributed by atoms with Crippen molar-refractivity contribution in [2.24, 2.45) is 5.10 Å². The number of nitrogens with zero attached hydrogens (tertiary/aromatic N) is 5. The Morgan fingerprint density at radius 1 is 0.882 bits per heavy atom. The molecule has 1 aliphatic rings. The molecule has 1 saturated heterocycles. The summed E-state index contributed by atoms with van der Waals surface area (Å²) in [4.78, 5) is 15.6. The molecule has 0 bridgehead atoms. The Bertz CT molecular complexity index is 1260. The molecular formula is C24H22ClN7O2. The van der Waals surface area contributed by atoms with E-state index >= 15 is 0 Å². The molecule has 172 valence electrons. The molecule has 2 aromatic heterocycles. The maximum atomic E-state index is 5.96. The molecule has 1 fully saturated rings. The van der Waals surface area contributed by atoms with Crippen molar-refractivity contribution in [2.45, 2.75) is 0 Å². The Morgan fingerprint density at radius 3 is 2.44 bits per heavy atom. The van der Waals surface area contributed by atoms with Crippen molar-refractivity contribution in [3.63, 3.8) is 0 Å². The molecule has 9 nitrogen and oxygen atoms in total. The fourth-order valence-electron chi connectivity index (χ4n) is 3.37. The predicted molar refractivity (Wildman–Crippen MR) is 133 cm³/mol. The summed E-state index contributed by atoms with van der Waals surface area (Å²) in [6, 6.07) is 20.9. The van der Waals surface area contributed by atoms with Gasteiger partial charge in [0.05, 0.1) is 19.4 Å². The van der Waals surface area contributed by atoms with E-state index in [0.717, 1.165) is 17.0 Å². The molecule has 2 aromatic carbocycles. The molecule has 0 saturated carbocycles. The minimum Gasteiger partial charge on any atom is -0.455 e. The lowest BCUT2D eigenvalue weighted by atomic mass is 10.2. The first kappa shape index (κ1) is 21.9. The van der Waals surface area contributed by atoms with Crippen molar-refractivity contribution in [1.82, 2.24) is 15.0 Å². The van der Waals surface area contributed by atoms with Gasteiger partial charge in [0.2, 0.25) is 17.8 Å². The van der Waals surface area contributed by atoms with E-state index in [9.17, 15) is 0 Å². The van der Waals surface area contributed by atoms with Crippen LogP contribution in [-0.4, -0.2) is 47.5 Å². The lowest BCUT2D eigenvalue weighted by molar-refractivity contribution is 0.122. The van der Waals surface area contributed by atoms with Crippen LogP contribution in [0.3, 0.4) is 0 Å². The minimum absolute atomic E-state index is 0.315. The fraction of sp³-hybridized carbons (Fsp3) is 0.167. The van der Waals surface area contributed by atoms with Crippen molar-refractivity contribution in [2.75, 3.05) is 41.9 Å². The number of benzene rings is 2. The smallest absolute Gasteiger partial charge is 0.250 e. The Kier molecular flexibility index (Phi) is 6.64. The summed E-state index contributed by atoms with van der Waals surface area (Å²) in [6.45, 7) is 2.67. The molecule has 34 heavy (non-hydrogen) atoms. The predicted octanol–water partition coefficient (Wildman–Crippen LogP) is 4.81. The van der Waals surface area contributed by atoms with Gasteiger partial charge in [0.25, 0.3) is 0 Å². The molecule has 4 aromatic rings. The molecule has 1 aliphatic heterocycles. The van der Waals surface area contributed by atoms with Gasteiger partial charge in [-0.1, -0.05) is 29.8 Å². The lowest BCUT2D eigenvalue weighted by Crippen LogP contribution is -2.37. The number of hydrazone groups is 1. The SMILES string of the molecule is Clc1ccc(-c2ccc(C=NNc3nc(Nc4ccccc4)nc(N4CCOCC4)n3)o2)cc1. The molecule has 2 N–H and O–H groups in total. The van der Waals surface area contributed by atoms with Crippen LogP contribution in [0.15, 0.2) is 76.2 Å². The number of ether oxygens (including phenoxy) is 1. The topological polar surface area (TPSA) is 101 Å². The Morgan fingerprint density at radius 2 is 1.65 bits per heavy atom. The van der Waals surface area contributed by atoms with E-state index < -0.39 is 0 Å². The highest BCUT2D eigenvalue weighted by Gasteiger charge is 2.16. The number of anilines is 4. The molecule has 0 radical (unpaired) electrons. The molecule has 0 atom stereocenters. The average molecular weight is 476 g/mol. The average Bonchev–Trinajstić information content (AvgIpc) is 3.34. The van der Waals surface area contributed by atoms with E-state index in [-0.39, 0.29) is 0 Å². The van der Waals surface area contributed by atoms with E-state index in [1.165, 1.54) is 0 Å². The van der Waals surface area contributed by atoms with Gasteiger partial charge < -0.3 is 19.4 Å². The van der Waals surface area contributed by atoms with Crippen LogP contribution >= 0.6 is 11.6 Å². The van der Waals surface area contributed by atoms with E-state index in [4.69, 9.17) is 20.8 Å². The summed E-state index contributed by atoms with van der Waals surface area (Å²) in [5, 5.41) is 8.15. The first-order valence-corrected chi connectivity index (χ1v) is 11.2. The van der Waals surface area contributed by atoms with Crippen LogP contribution in [0.5, 0.6) is 0 Å². The van der Waals surface area contributed by atoms with Gasteiger partial charge in [-0.3, -0.25) is 0 Å². The van der Waals surface area contributed by atoms with Gasteiger partial charge >= 0.3 is 0 Å². The highest BCUT2D eigenvalue weighted by Crippen LogP contribution is 2.23. The van der Waals surface area contributed by atoms with Gasteiger partial charge in [0.15, 0.2) is 0 Å². The van der Waals surface area contributed by atoms with Crippen molar-refractivity contribution in [3.8, 4) is 11.3 Å². The Balaban J connectivity index is 1.33. The molecular weight excluding hydrogens is 454 g/mol.